The summed E-state index contributed by atoms with van der Waals surface area (Å²) in [5.74, 6) is 0.591. The lowest BCUT2D eigenvalue weighted by atomic mass is 10.2. The van der Waals surface area contributed by atoms with Crippen molar-refractivity contribution in [2.75, 3.05) is 0 Å². The summed E-state index contributed by atoms with van der Waals surface area (Å²) < 4.78 is 1.85. The molecule has 6 nitrogen and oxygen atoms in total. The molecule has 0 saturated carbocycles. The molecule has 0 fully saturated rings. The molecule has 0 unspecified atom stereocenters. The molecular formula is C18H14ClN5OS. The zero-order valence-corrected chi connectivity index (χ0v) is 15.7. The van der Waals surface area contributed by atoms with Crippen molar-refractivity contribution in [1.82, 2.24) is 25.0 Å². The fourth-order valence-electron chi connectivity index (χ4n) is 2.74. The van der Waals surface area contributed by atoms with Crippen LogP contribution in [0.4, 0.5) is 0 Å². The lowest BCUT2D eigenvalue weighted by Crippen LogP contribution is -2.23. The van der Waals surface area contributed by atoms with E-state index in [1.807, 2.05) is 26.0 Å². The van der Waals surface area contributed by atoms with Crippen LogP contribution in [0.3, 0.4) is 0 Å². The number of allylic oxidation sites excluding steroid dienone is 1. The number of hydrogen-bond donors (Lipinski definition) is 0. The van der Waals surface area contributed by atoms with Gasteiger partial charge in [-0.1, -0.05) is 29.0 Å². The van der Waals surface area contributed by atoms with Crippen LogP contribution >= 0.6 is 22.9 Å². The van der Waals surface area contributed by atoms with E-state index < -0.39 is 0 Å². The molecule has 3 heterocycles. The fraction of sp³-hybridized carbons (Fsp3) is 0.167. The van der Waals surface area contributed by atoms with Crippen LogP contribution in [0.25, 0.3) is 31.8 Å². The number of aryl methyl sites for hydroxylation is 1. The van der Waals surface area contributed by atoms with Crippen LogP contribution < -0.4 is 5.56 Å². The maximum atomic E-state index is 12.7. The molecule has 3 aromatic heterocycles. The lowest BCUT2D eigenvalue weighted by Gasteiger charge is -2.03. The van der Waals surface area contributed by atoms with E-state index >= 15 is 0 Å². The fourth-order valence-corrected chi connectivity index (χ4v) is 3.97. The van der Waals surface area contributed by atoms with E-state index in [1.54, 1.807) is 12.1 Å². The molecule has 130 valence electrons. The van der Waals surface area contributed by atoms with Crippen molar-refractivity contribution < 1.29 is 0 Å². The van der Waals surface area contributed by atoms with Gasteiger partial charge in [0.05, 0.1) is 17.6 Å². The van der Waals surface area contributed by atoms with Crippen LogP contribution in [0.2, 0.25) is 5.02 Å². The second kappa shape index (κ2) is 6.26. The first-order valence-electron chi connectivity index (χ1n) is 7.89. The summed E-state index contributed by atoms with van der Waals surface area (Å²) in [6, 6.07) is 7.34. The van der Waals surface area contributed by atoms with Gasteiger partial charge in [0.1, 0.15) is 15.0 Å². The third-order valence-corrected chi connectivity index (χ3v) is 5.22. The van der Waals surface area contributed by atoms with Crippen LogP contribution in [-0.4, -0.2) is 25.0 Å². The number of benzene rings is 1. The van der Waals surface area contributed by atoms with Crippen LogP contribution in [-0.2, 0) is 6.54 Å². The predicted molar refractivity (Wildman–Crippen MR) is 105 cm³/mol. The highest BCUT2D eigenvalue weighted by atomic mass is 35.5. The number of thiophene rings is 1. The molecular weight excluding hydrogens is 370 g/mol. The van der Waals surface area contributed by atoms with Gasteiger partial charge in [-0.2, -0.15) is 0 Å². The second-order valence-corrected chi connectivity index (χ2v) is 7.54. The summed E-state index contributed by atoms with van der Waals surface area (Å²) in [4.78, 5) is 22.6. The van der Waals surface area contributed by atoms with Gasteiger partial charge in [-0.15, -0.1) is 16.4 Å². The summed E-state index contributed by atoms with van der Waals surface area (Å²) >= 11 is 7.26. The van der Waals surface area contributed by atoms with E-state index in [0.29, 0.717) is 27.6 Å². The third-order valence-electron chi connectivity index (χ3n) is 3.91. The first kappa shape index (κ1) is 16.8. The van der Waals surface area contributed by atoms with E-state index in [9.17, 15) is 4.79 Å². The van der Waals surface area contributed by atoms with Gasteiger partial charge in [0.2, 0.25) is 0 Å². The molecule has 0 spiro atoms. The minimum atomic E-state index is -0.187. The van der Waals surface area contributed by atoms with Crippen molar-refractivity contribution >= 4 is 43.4 Å². The Morgan fingerprint density at radius 3 is 2.69 bits per heavy atom. The van der Waals surface area contributed by atoms with Crippen LogP contribution in [0.5, 0.6) is 0 Å². The molecule has 0 radical (unpaired) electrons. The molecule has 8 heteroatoms. The molecule has 0 aliphatic rings. The van der Waals surface area contributed by atoms with Gasteiger partial charge in [0.25, 0.3) is 5.56 Å². The average Bonchev–Trinajstić information content (AvgIpc) is 2.97. The van der Waals surface area contributed by atoms with Crippen molar-refractivity contribution in [3.8, 4) is 11.4 Å². The third kappa shape index (κ3) is 2.79. The number of aromatic nitrogens is 5. The van der Waals surface area contributed by atoms with Crippen LogP contribution in [0.1, 0.15) is 12.6 Å². The van der Waals surface area contributed by atoms with Gasteiger partial charge in [-0.05, 0) is 38.1 Å². The predicted octanol–water partition coefficient (Wildman–Crippen LogP) is 4.00. The van der Waals surface area contributed by atoms with Gasteiger partial charge >= 0.3 is 0 Å². The highest BCUT2D eigenvalue weighted by Crippen LogP contribution is 2.32. The van der Waals surface area contributed by atoms with Crippen molar-refractivity contribution in [3.63, 3.8) is 0 Å². The zero-order chi connectivity index (χ0) is 18.4. The topological polar surface area (TPSA) is 73.6 Å². The molecule has 0 N–H and O–H groups in total. The van der Waals surface area contributed by atoms with E-state index in [0.717, 1.165) is 27.0 Å². The maximum Gasteiger partial charge on any atom is 0.288 e. The molecule has 0 saturated heterocycles. The summed E-state index contributed by atoms with van der Waals surface area (Å²) in [5, 5.41) is 9.70. The Balaban J connectivity index is 1.96. The SMILES string of the molecule is C=C(C)Cn1nnc2c(sc3nc(-c4ccc(Cl)cc4)nc(C)c32)c1=O. The van der Waals surface area contributed by atoms with Crippen molar-refractivity contribution in [3.05, 3.63) is 57.5 Å². The minimum Gasteiger partial charge on any atom is -0.266 e. The molecule has 0 aliphatic heterocycles. The largest absolute Gasteiger partial charge is 0.288 e. The Morgan fingerprint density at radius 2 is 2.00 bits per heavy atom. The van der Waals surface area contributed by atoms with Gasteiger partial charge in [0, 0.05) is 10.6 Å². The Labute approximate surface area is 157 Å². The Hall–Kier alpha value is -2.64. The normalized spacial score (nSPS) is 11.3. The van der Waals surface area contributed by atoms with Gasteiger partial charge in [-0.3, -0.25) is 4.79 Å². The van der Waals surface area contributed by atoms with Gasteiger partial charge in [0.15, 0.2) is 5.82 Å². The minimum absolute atomic E-state index is 0.187. The van der Waals surface area contributed by atoms with E-state index in [-0.39, 0.29) is 5.56 Å². The highest BCUT2D eigenvalue weighted by molar-refractivity contribution is 7.25. The zero-order valence-electron chi connectivity index (χ0n) is 14.2. The first-order valence-corrected chi connectivity index (χ1v) is 9.08. The standard InChI is InChI=1S/C18H14ClN5OS/c1-9(2)8-24-18(25)15-14(22-23-24)13-10(3)20-16(21-17(13)26-15)11-4-6-12(19)7-5-11/h4-7H,1,8H2,2-3H3. The second-order valence-electron chi connectivity index (χ2n) is 6.11. The molecule has 0 bridgehead atoms. The van der Waals surface area contributed by atoms with E-state index in [2.05, 4.69) is 26.9 Å². The van der Waals surface area contributed by atoms with Crippen molar-refractivity contribution in [1.29, 1.82) is 0 Å². The number of nitrogens with zero attached hydrogens (tertiary/aromatic N) is 5. The summed E-state index contributed by atoms with van der Waals surface area (Å²) in [7, 11) is 0. The molecule has 0 amide bonds. The number of halogens is 1. The summed E-state index contributed by atoms with van der Waals surface area (Å²) in [6.45, 7) is 7.90. The van der Waals surface area contributed by atoms with Gasteiger partial charge < -0.3 is 0 Å². The Morgan fingerprint density at radius 1 is 1.27 bits per heavy atom. The molecule has 4 rings (SSSR count). The molecule has 0 atom stereocenters. The van der Waals surface area contributed by atoms with Crippen molar-refractivity contribution in [2.24, 2.45) is 0 Å². The smallest absolute Gasteiger partial charge is 0.266 e. The molecule has 4 aromatic rings. The number of fused-ring (bicyclic) bond motifs is 3. The quantitative estimate of drug-likeness (QED) is 0.500. The summed E-state index contributed by atoms with van der Waals surface area (Å²) in [6.07, 6.45) is 0. The molecule has 1 aromatic carbocycles. The Bertz CT molecular complexity index is 1230. The van der Waals surface area contributed by atoms with Gasteiger partial charge in [-0.25, -0.2) is 14.6 Å². The lowest BCUT2D eigenvalue weighted by molar-refractivity contribution is 0.597. The monoisotopic (exact) mass is 383 g/mol. The van der Waals surface area contributed by atoms with E-state index in [1.165, 1.54) is 16.0 Å². The maximum absolute atomic E-state index is 12.7. The first-order chi connectivity index (χ1) is 12.4. The van der Waals surface area contributed by atoms with Crippen LogP contribution in [0.15, 0.2) is 41.2 Å². The molecule has 0 aliphatic carbocycles. The van der Waals surface area contributed by atoms with E-state index in [4.69, 9.17) is 11.6 Å². The number of hydrogen-bond acceptors (Lipinski definition) is 6. The number of rotatable bonds is 3. The summed E-state index contributed by atoms with van der Waals surface area (Å²) in [5.41, 5.74) is 2.82. The van der Waals surface area contributed by atoms with Crippen LogP contribution in [0, 0.1) is 6.92 Å². The average molecular weight is 384 g/mol. The Kier molecular flexibility index (Phi) is 4.05. The highest BCUT2D eigenvalue weighted by Gasteiger charge is 2.17. The molecule has 26 heavy (non-hydrogen) atoms. The van der Waals surface area contributed by atoms with Crippen molar-refractivity contribution in [2.45, 2.75) is 20.4 Å².